The Bertz CT molecular complexity index is 333. The van der Waals surface area contributed by atoms with Crippen molar-refractivity contribution in [1.29, 1.82) is 0 Å². The van der Waals surface area contributed by atoms with Gasteiger partial charge in [0.15, 0.2) is 6.04 Å². The minimum absolute atomic E-state index is 0.230. The van der Waals surface area contributed by atoms with E-state index in [0.717, 1.165) is 12.8 Å². The maximum atomic E-state index is 10.9. The molecule has 4 nitrogen and oxygen atoms in total. The van der Waals surface area contributed by atoms with Crippen molar-refractivity contribution in [2.45, 2.75) is 18.9 Å². The van der Waals surface area contributed by atoms with Crippen molar-refractivity contribution in [3.05, 3.63) is 17.4 Å². The SMILES string of the molecule is O=C(O)C(C1CC1)n1cc(Cl)cn1. The maximum Gasteiger partial charge on any atom is 0.328 e. The molecule has 1 aliphatic carbocycles. The van der Waals surface area contributed by atoms with Gasteiger partial charge >= 0.3 is 5.97 Å². The fourth-order valence-corrected chi connectivity index (χ4v) is 1.55. The van der Waals surface area contributed by atoms with Crippen LogP contribution in [0.3, 0.4) is 0 Å². The summed E-state index contributed by atoms with van der Waals surface area (Å²) in [6.07, 6.45) is 4.95. The molecule has 1 N–H and O–H groups in total. The minimum atomic E-state index is -0.831. The zero-order chi connectivity index (χ0) is 9.42. The third-order valence-corrected chi connectivity index (χ3v) is 2.37. The van der Waals surface area contributed by atoms with Gasteiger partial charge in [-0.05, 0) is 18.8 Å². The lowest BCUT2D eigenvalue weighted by Crippen LogP contribution is -2.21. The van der Waals surface area contributed by atoms with Crippen LogP contribution in [-0.4, -0.2) is 20.9 Å². The Balaban J connectivity index is 2.24. The van der Waals surface area contributed by atoms with Crippen LogP contribution in [0.1, 0.15) is 18.9 Å². The topological polar surface area (TPSA) is 55.1 Å². The molecule has 1 heterocycles. The number of aliphatic carboxylic acids is 1. The first kappa shape index (κ1) is 8.56. The molecule has 0 aliphatic heterocycles. The van der Waals surface area contributed by atoms with E-state index >= 15 is 0 Å². The zero-order valence-corrected chi connectivity index (χ0v) is 7.61. The molecule has 1 aromatic rings. The van der Waals surface area contributed by atoms with Crippen LogP contribution in [0, 0.1) is 5.92 Å². The molecule has 0 bridgehead atoms. The smallest absolute Gasteiger partial charge is 0.328 e. The highest BCUT2D eigenvalue weighted by Crippen LogP contribution is 2.39. The molecule has 2 rings (SSSR count). The van der Waals surface area contributed by atoms with Gasteiger partial charge in [-0.2, -0.15) is 5.10 Å². The molecule has 1 unspecified atom stereocenters. The lowest BCUT2D eigenvalue weighted by molar-refractivity contribution is -0.141. The van der Waals surface area contributed by atoms with E-state index in [9.17, 15) is 4.79 Å². The first-order chi connectivity index (χ1) is 6.18. The summed E-state index contributed by atoms with van der Waals surface area (Å²) in [5.41, 5.74) is 0. The second-order valence-electron chi connectivity index (χ2n) is 3.26. The van der Waals surface area contributed by atoms with Crippen LogP contribution in [0.5, 0.6) is 0 Å². The number of nitrogens with zero attached hydrogens (tertiary/aromatic N) is 2. The Hall–Kier alpha value is -1.03. The molecule has 1 aliphatic rings. The van der Waals surface area contributed by atoms with Crippen LogP contribution < -0.4 is 0 Å². The van der Waals surface area contributed by atoms with Crippen molar-refractivity contribution >= 4 is 17.6 Å². The summed E-state index contributed by atoms with van der Waals surface area (Å²) in [6, 6.07) is -0.535. The highest BCUT2D eigenvalue weighted by molar-refractivity contribution is 6.30. The second-order valence-corrected chi connectivity index (χ2v) is 3.70. The van der Waals surface area contributed by atoms with E-state index in [1.807, 2.05) is 0 Å². The number of hydrogen-bond acceptors (Lipinski definition) is 2. The van der Waals surface area contributed by atoms with E-state index in [4.69, 9.17) is 16.7 Å². The molecule has 0 spiro atoms. The summed E-state index contributed by atoms with van der Waals surface area (Å²) in [5, 5.41) is 13.3. The van der Waals surface area contributed by atoms with E-state index < -0.39 is 12.0 Å². The van der Waals surface area contributed by atoms with Crippen LogP contribution in [0.4, 0.5) is 0 Å². The number of carboxylic acid groups (broad SMARTS) is 1. The third-order valence-electron chi connectivity index (χ3n) is 2.18. The van der Waals surface area contributed by atoms with Crippen LogP contribution in [0.15, 0.2) is 12.4 Å². The highest BCUT2D eigenvalue weighted by atomic mass is 35.5. The average Bonchev–Trinajstić information content (AvgIpc) is 2.76. The lowest BCUT2D eigenvalue weighted by atomic mass is 10.2. The van der Waals surface area contributed by atoms with Gasteiger partial charge in [-0.25, -0.2) is 4.79 Å². The Morgan fingerprint density at radius 1 is 1.77 bits per heavy atom. The van der Waals surface area contributed by atoms with Gasteiger partial charge in [-0.15, -0.1) is 0 Å². The van der Waals surface area contributed by atoms with E-state index in [-0.39, 0.29) is 5.92 Å². The summed E-state index contributed by atoms with van der Waals surface area (Å²) >= 11 is 5.66. The quantitative estimate of drug-likeness (QED) is 0.806. The fourth-order valence-electron chi connectivity index (χ4n) is 1.41. The predicted octanol–water partition coefficient (Wildman–Crippen LogP) is 1.57. The highest BCUT2D eigenvalue weighted by Gasteiger charge is 2.38. The number of halogens is 1. The summed E-state index contributed by atoms with van der Waals surface area (Å²) in [4.78, 5) is 10.9. The molecular formula is C8H9ClN2O2. The molecule has 1 fully saturated rings. The summed E-state index contributed by atoms with van der Waals surface area (Å²) in [5.74, 6) is -0.601. The van der Waals surface area contributed by atoms with Gasteiger partial charge in [-0.1, -0.05) is 11.6 Å². The molecular weight excluding hydrogens is 192 g/mol. The number of carbonyl (C=O) groups is 1. The van der Waals surface area contributed by atoms with Crippen molar-refractivity contribution < 1.29 is 9.90 Å². The monoisotopic (exact) mass is 200 g/mol. The molecule has 0 saturated heterocycles. The molecule has 1 aromatic heterocycles. The molecule has 0 radical (unpaired) electrons. The minimum Gasteiger partial charge on any atom is -0.480 e. The van der Waals surface area contributed by atoms with Crippen molar-refractivity contribution in [3.8, 4) is 0 Å². The van der Waals surface area contributed by atoms with Gasteiger partial charge in [0.05, 0.1) is 11.2 Å². The van der Waals surface area contributed by atoms with E-state index in [1.165, 1.54) is 10.9 Å². The van der Waals surface area contributed by atoms with Gasteiger partial charge in [0.25, 0.3) is 0 Å². The third kappa shape index (κ3) is 1.67. The largest absolute Gasteiger partial charge is 0.480 e. The zero-order valence-electron chi connectivity index (χ0n) is 6.85. The van der Waals surface area contributed by atoms with Gasteiger partial charge in [0, 0.05) is 6.20 Å². The van der Waals surface area contributed by atoms with Gasteiger partial charge in [0.2, 0.25) is 0 Å². The van der Waals surface area contributed by atoms with Gasteiger partial charge in [0.1, 0.15) is 0 Å². The molecule has 13 heavy (non-hydrogen) atoms. The normalized spacial score (nSPS) is 18.5. The molecule has 0 aromatic carbocycles. The van der Waals surface area contributed by atoms with Crippen molar-refractivity contribution in [2.24, 2.45) is 5.92 Å². The Morgan fingerprint density at radius 2 is 2.46 bits per heavy atom. The lowest BCUT2D eigenvalue weighted by Gasteiger charge is -2.10. The molecule has 0 amide bonds. The van der Waals surface area contributed by atoms with Crippen molar-refractivity contribution in [1.82, 2.24) is 9.78 Å². The summed E-state index contributed by atoms with van der Waals surface area (Å²) in [7, 11) is 0. The molecule has 70 valence electrons. The van der Waals surface area contributed by atoms with E-state index in [1.54, 1.807) is 6.20 Å². The molecule has 1 atom stereocenters. The van der Waals surface area contributed by atoms with Crippen molar-refractivity contribution in [3.63, 3.8) is 0 Å². The Morgan fingerprint density at radius 3 is 2.85 bits per heavy atom. The summed E-state index contributed by atoms with van der Waals surface area (Å²) in [6.45, 7) is 0. The number of aromatic nitrogens is 2. The maximum absolute atomic E-state index is 10.9. The fraction of sp³-hybridized carbons (Fsp3) is 0.500. The van der Waals surface area contributed by atoms with Crippen molar-refractivity contribution in [2.75, 3.05) is 0 Å². The van der Waals surface area contributed by atoms with Gasteiger partial charge < -0.3 is 5.11 Å². The number of rotatable bonds is 3. The Kier molecular flexibility index (Phi) is 2.00. The van der Waals surface area contributed by atoms with Crippen LogP contribution in [0.25, 0.3) is 0 Å². The number of hydrogen-bond donors (Lipinski definition) is 1. The summed E-state index contributed by atoms with van der Waals surface area (Å²) < 4.78 is 1.43. The van der Waals surface area contributed by atoms with E-state index in [0.29, 0.717) is 5.02 Å². The van der Waals surface area contributed by atoms with Crippen LogP contribution in [0.2, 0.25) is 5.02 Å². The molecule has 5 heteroatoms. The Labute approximate surface area is 80.1 Å². The second kappa shape index (κ2) is 3.03. The van der Waals surface area contributed by atoms with Gasteiger partial charge in [-0.3, -0.25) is 4.68 Å². The number of carboxylic acids is 1. The van der Waals surface area contributed by atoms with E-state index in [2.05, 4.69) is 5.10 Å². The predicted molar refractivity (Wildman–Crippen MR) is 46.6 cm³/mol. The van der Waals surface area contributed by atoms with Crippen LogP contribution in [-0.2, 0) is 4.79 Å². The average molecular weight is 201 g/mol. The van der Waals surface area contributed by atoms with Crippen LogP contribution >= 0.6 is 11.6 Å². The molecule has 1 saturated carbocycles. The first-order valence-electron chi connectivity index (χ1n) is 4.11. The first-order valence-corrected chi connectivity index (χ1v) is 4.49. The standard InChI is InChI=1S/C8H9ClN2O2/c9-6-3-10-11(4-6)7(8(12)13)5-1-2-5/h3-5,7H,1-2H2,(H,12,13).